The van der Waals surface area contributed by atoms with Gasteiger partial charge in [-0.3, -0.25) is 4.79 Å². The number of amides is 1. The number of nitrogens with one attached hydrogen (secondary N) is 1. The summed E-state index contributed by atoms with van der Waals surface area (Å²) in [6.45, 7) is 1.15. The fourth-order valence-corrected chi connectivity index (χ4v) is 2.12. The maximum atomic E-state index is 12.9. The van der Waals surface area contributed by atoms with Gasteiger partial charge in [0.05, 0.1) is 11.1 Å². The molecule has 0 radical (unpaired) electrons. The maximum absolute atomic E-state index is 12.9. The van der Waals surface area contributed by atoms with E-state index in [1.807, 2.05) is 0 Å². The third-order valence-electron chi connectivity index (χ3n) is 3.16. The molecular weight excluding hydrogens is 336 g/mol. The summed E-state index contributed by atoms with van der Waals surface area (Å²) in [6, 6.07) is 6.37. The Balaban J connectivity index is 2.64. The summed E-state index contributed by atoms with van der Waals surface area (Å²) in [5, 5.41) is 2.32. The molecule has 8 heteroatoms. The second-order valence-electron chi connectivity index (χ2n) is 5.02. The largest absolute Gasteiger partial charge is 0.416 e. The fourth-order valence-electron chi connectivity index (χ4n) is 2.12. The summed E-state index contributed by atoms with van der Waals surface area (Å²) in [5.41, 5.74) is -2.25. The van der Waals surface area contributed by atoms with Gasteiger partial charge in [-0.05, 0) is 35.9 Å². The van der Waals surface area contributed by atoms with Crippen LogP contribution in [0.4, 0.5) is 32.0 Å². The predicted octanol–water partition coefficient (Wildman–Crippen LogP) is 5.35. The minimum atomic E-state index is -4.66. The van der Waals surface area contributed by atoms with Crippen LogP contribution in [0, 0.1) is 0 Å². The van der Waals surface area contributed by atoms with Crippen molar-refractivity contribution < 1.29 is 31.1 Å². The first kappa shape index (κ1) is 17.8. The van der Waals surface area contributed by atoms with Gasteiger partial charge in [0.2, 0.25) is 5.91 Å². The number of carbonyl (C=O) groups excluding carboxylic acids is 1. The molecule has 24 heavy (non-hydrogen) atoms. The molecule has 0 aromatic heterocycles. The van der Waals surface area contributed by atoms with Crippen molar-refractivity contribution in [3.63, 3.8) is 0 Å². The van der Waals surface area contributed by atoms with Crippen LogP contribution in [0.3, 0.4) is 0 Å². The number of benzene rings is 2. The zero-order chi connectivity index (χ0) is 18.1. The quantitative estimate of drug-likeness (QED) is 0.729. The summed E-state index contributed by atoms with van der Waals surface area (Å²) >= 11 is 0. The molecule has 2 rings (SSSR count). The Morgan fingerprint density at radius 2 is 1.46 bits per heavy atom. The predicted molar refractivity (Wildman–Crippen MR) is 76.2 cm³/mol. The van der Waals surface area contributed by atoms with Crippen molar-refractivity contribution in [2.75, 3.05) is 5.32 Å². The number of hydrogen-bond acceptors (Lipinski definition) is 1. The molecule has 0 unspecified atom stereocenters. The van der Waals surface area contributed by atoms with E-state index in [0.29, 0.717) is 6.07 Å². The SMILES string of the molecule is CC(=O)Nc1ccc(C(F)(F)F)cc1-c1cccc(C(F)(F)F)c1. The van der Waals surface area contributed by atoms with E-state index < -0.39 is 29.4 Å². The van der Waals surface area contributed by atoms with Crippen LogP contribution >= 0.6 is 0 Å². The van der Waals surface area contributed by atoms with Crippen LogP contribution in [0.15, 0.2) is 42.5 Å². The maximum Gasteiger partial charge on any atom is 0.416 e. The molecule has 0 aliphatic heterocycles. The van der Waals surface area contributed by atoms with Crippen molar-refractivity contribution in [1.82, 2.24) is 0 Å². The zero-order valence-electron chi connectivity index (χ0n) is 12.2. The standard InChI is InChI=1S/C16H11F6NO/c1-9(24)23-14-6-5-12(16(20,21)22)8-13(14)10-3-2-4-11(7-10)15(17,18)19/h2-8H,1H3,(H,23,24). The van der Waals surface area contributed by atoms with Crippen LogP contribution in [-0.4, -0.2) is 5.91 Å². The number of halogens is 6. The Bertz CT molecular complexity index is 764. The van der Waals surface area contributed by atoms with Crippen molar-refractivity contribution in [3.05, 3.63) is 53.6 Å². The Morgan fingerprint density at radius 3 is 2.00 bits per heavy atom. The van der Waals surface area contributed by atoms with Crippen LogP contribution in [-0.2, 0) is 17.1 Å². The first-order valence-corrected chi connectivity index (χ1v) is 6.65. The molecule has 128 valence electrons. The van der Waals surface area contributed by atoms with Crippen molar-refractivity contribution in [3.8, 4) is 11.1 Å². The normalized spacial score (nSPS) is 12.1. The van der Waals surface area contributed by atoms with Gasteiger partial charge in [-0.2, -0.15) is 26.3 Å². The van der Waals surface area contributed by atoms with Crippen LogP contribution in [0.1, 0.15) is 18.1 Å². The van der Waals surface area contributed by atoms with Gasteiger partial charge in [0.25, 0.3) is 0 Å². The highest BCUT2D eigenvalue weighted by atomic mass is 19.4. The summed E-state index contributed by atoms with van der Waals surface area (Å²) in [7, 11) is 0. The Kier molecular flexibility index (Phi) is 4.59. The molecule has 0 spiro atoms. The summed E-state index contributed by atoms with van der Waals surface area (Å²) in [6.07, 6.45) is -9.29. The van der Waals surface area contributed by atoms with Gasteiger partial charge in [0.1, 0.15) is 0 Å². The Hall–Kier alpha value is -2.51. The summed E-state index contributed by atoms with van der Waals surface area (Å²) in [4.78, 5) is 11.2. The highest BCUT2D eigenvalue weighted by molar-refractivity contribution is 5.94. The number of rotatable bonds is 2. The van der Waals surface area contributed by atoms with E-state index in [0.717, 1.165) is 37.3 Å². The number of carbonyl (C=O) groups is 1. The van der Waals surface area contributed by atoms with Crippen LogP contribution < -0.4 is 5.32 Å². The third-order valence-corrected chi connectivity index (χ3v) is 3.16. The molecule has 0 aliphatic rings. The topological polar surface area (TPSA) is 29.1 Å². The number of hydrogen-bond donors (Lipinski definition) is 1. The van der Waals surface area contributed by atoms with Crippen molar-refractivity contribution in [2.24, 2.45) is 0 Å². The van der Waals surface area contributed by atoms with Crippen LogP contribution in [0.2, 0.25) is 0 Å². The number of anilines is 1. The Labute approximate surface area is 133 Å². The molecule has 2 nitrogen and oxygen atoms in total. The molecule has 0 fully saturated rings. The molecule has 2 aromatic rings. The van der Waals surface area contributed by atoms with Gasteiger partial charge < -0.3 is 5.32 Å². The van der Waals surface area contributed by atoms with Crippen LogP contribution in [0.25, 0.3) is 11.1 Å². The van der Waals surface area contributed by atoms with E-state index in [1.165, 1.54) is 6.07 Å². The molecule has 0 aliphatic carbocycles. The smallest absolute Gasteiger partial charge is 0.326 e. The molecule has 0 atom stereocenters. The average Bonchev–Trinajstić information content (AvgIpc) is 2.45. The van der Waals surface area contributed by atoms with Gasteiger partial charge in [-0.15, -0.1) is 0 Å². The van der Waals surface area contributed by atoms with Gasteiger partial charge in [-0.1, -0.05) is 12.1 Å². The van der Waals surface area contributed by atoms with E-state index in [2.05, 4.69) is 5.32 Å². The van der Waals surface area contributed by atoms with Crippen LogP contribution in [0.5, 0.6) is 0 Å². The van der Waals surface area contributed by atoms with E-state index >= 15 is 0 Å². The molecular formula is C16H11F6NO. The molecule has 0 bridgehead atoms. The van der Waals surface area contributed by atoms with Gasteiger partial charge in [0, 0.05) is 18.2 Å². The molecule has 0 heterocycles. The third kappa shape index (κ3) is 4.06. The molecule has 0 saturated carbocycles. The van der Waals surface area contributed by atoms with Crippen molar-refractivity contribution >= 4 is 11.6 Å². The monoisotopic (exact) mass is 347 g/mol. The highest BCUT2D eigenvalue weighted by Gasteiger charge is 2.32. The zero-order valence-corrected chi connectivity index (χ0v) is 12.2. The minimum Gasteiger partial charge on any atom is -0.326 e. The second kappa shape index (κ2) is 6.18. The molecule has 0 saturated heterocycles. The molecule has 1 N–H and O–H groups in total. The lowest BCUT2D eigenvalue weighted by molar-refractivity contribution is -0.138. The van der Waals surface area contributed by atoms with Crippen molar-refractivity contribution in [1.29, 1.82) is 0 Å². The lowest BCUT2D eigenvalue weighted by Crippen LogP contribution is -2.10. The van der Waals surface area contributed by atoms with Crippen molar-refractivity contribution in [2.45, 2.75) is 19.3 Å². The van der Waals surface area contributed by atoms with E-state index in [-0.39, 0.29) is 16.8 Å². The number of alkyl halides is 6. The van der Waals surface area contributed by atoms with Gasteiger partial charge in [0.15, 0.2) is 0 Å². The summed E-state index contributed by atoms with van der Waals surface area (Å²) in [5.74, 6) is -0.553. The Morgan fingerprint density at radius 1 is 0.875 bits per heavy atom. The molecule has 2 aromatic carbocycles. The second-order valence-corrected chi connectivity index (χ2v) is 5.02. The van der Waals surface area contributed by atoms with E-state index in [1.54, 1.807) is 0 Å². The minimum absolute atomic E-state index is 0.00479. The average molecular weight is 347 g/mol. The van der Waals surface area contributed by atoms with E-state index in [9.17, 15) is 31.1 Å². The lowest BCUT2D eigenvalue weighted by atomic mass is 9.98. The molecule has 1 amide bonds. The fraction of sp³-hybridized carbons (Fsp3) is 0.188. The van der Waals surface area contributed by atoms with E-state index in [4.69, 9.17) is 0 Å². The lowest BCUT2D eigenvalue weighted by Gasteiger charge is -2.15. The first-order valence-electron chi connectivity index (χ1n) is 6.65. The van der Waals surface area contributed by atoms with Gasteiger partial charge >= 0.3 is 12.4 Å². The highest BCUT2D eigenvalue weighted by Crippen LogP contribution is 2.38. The van der Waals surface area contributed by atoms with Gasteiger partial charge in [-0.25, -0.2) is 0 Å². The summed E-state index contributed by atoms with van der Waals surface area (Å²) < 4.78 is 77.1. The first-order chi connectivity index (χ1) is 11.0.